The fraction of sp³-hybridized carbons (Fsp3) is 0.875. The van der Waals surface area contributed by atoms with Gasteiger partial charge in [0.1, 0.15) is 6.54 Å². The lowest BCUT2D eigenvalue weighted by Crippen LogP contribution is -2.44. The number of amides is 1. The highest BCUT2D eigenvalue weighted by Crippen LogP contribution is 2.24. The zero-order valence-corrected chi connectivity index (χ0v) is 13.2. The summed E-state index contributed by atoms with van der Waals surface area (Å²) in [5, 5.41) is 0. The molecular weight excluding hydrogens is 254 g/mol. The number of carbonyl (C=O) groups is 2. The molecule has 1 fully saturated rings. The highest BCUT2D eigenvalue weighted by molar-refractivity contribution is 5.84. The molecule has 20 heavy (non-hydrogen) atoms. The van der Waals surface area contributed by atoms with Crippen molar-refractivity contribution in [1.82, 2.24) is 4.90 Å². The van der Waals surface area contributed by atoms with E-state index in [4.69, 9.17) is 4.74 Å². The van der Waals surface area contributed by atoms with E-state index in [1.807, 2.05) is 13.8 Å². The van der Waals surface area contributed by atoms with Gasteiger partial charge in [-0.05, 0) is 33.6 Å². The zero-order chi connectivity index (χ0) is 15.0. The van der Waals surface area contributed by atoms with Gasteiger partial charge in [-0.3, -0.25) is 9.59 Å². The van der Waals surface area contributed by atoms with Gasteiger partial charge < -0.3 is 9.64 Å². The monoisotopic (exact) mass is 283 g/mol. The first-order valence-electron chi connectivity index (χ1n) is 8.02. The van der Waals surface area contributed by atoms with Crippen LogP contribution in [-0.4, -0.2) is 36.0 Å². The summed E-state index contributed by atoms with van der Waals surface area (Å²) in [4.78, 5) is 26.0. The molecule has 0 saturated heterocycles. The Morgan fingerprint density at radius 1 is 1.10 bits per heavy atom. The first kappa shape index (κ1) is 17.0. The van der Waals surface area contributed by atoms with Crippen molar-refractivity contribution in [2.24, 2.45) is 5.92 Å². The van der Waals surface area contributed by atoms with Crippen LogP contribution in [-0.2, 0) is 14.3 Å². The van der Waals surface area contributed by atoms with E-state index in [1.165, 1.54) is 19.3 Å². The Morgan fingerprint density at radius 3 is 2.15 bits per heavy atom. The predicted octanol–water partition coefficient (Wildman–Crippen LogP) is 3.15. The number of nitrogens with zero attached hydrogens (tertiary/aromatic N) is 1. The maximum Gasteiger partial charge on any atom is 0.325 e. The van der Waals surface area contributed by atoms with Crippen molar-refractivity contribution in [3.05, 3.63) is 0 Å². The van der Waals surface area contributed by atoms with E-state index >= 15 is 0 Å². The highest BCUT2D eigenvalue weighted by Gasteiger charge is 2.28. The third-order valence-corrected chi connectivity index (χ3v) is 3.97. The fourth-order valence-corrected chi connectivity index (χ4v) is 2.80. The molecular formula is C16H29NO3. The molecule has 1 aliphatic carbocycles. The minimum atomic E-state index is -0.305. The second kappa shape index (κ2) is 8.98. The second-order valence-corrected chi connectivity index (χ2v) is 5.91. The summed E-state index contributed by atoms with van der Waals surface area (Å²) in [6.07, 6.45) is 7.92. The van der Waals surface area contributed by atoms with E-state index in [2.05, 4.69) is 0 Å². The Kier molecular flexibility index (Phi) is 7.63. The lowest BCUT2D eigenvalue weighted by Gasteiger charge is -2.30. The normalized spacial score (nSPS) is 17.4. The summed E-state index contributed by atoms with van der Waals surface area (Å²) >= 11 is 0. The number of carbonyl (C=O) groups excluding carboxylic acids is 2. The van der Waals surface area contributed by atoms with Crippen LogP contribution in [0.15, 0.2) is 0 Å². The first-order chi connectivity index (χ1) is 9.56. The average molecular weight is 283 g/mol. The van der Waals surface area contributed by atoms with Gasteiger partial charge >= 0.3 is 5.97 Å². The predicted molar refractivity (Wildman–Crippen MR) is 79.3 cm³/mol. The van der Waals surface area contributed by atoms with Gasteiger partial charge in [-0.15, -0.1) is 0 Å². The fourth-order valence-electron chi connectivity index (χ4n) is 2.80. The smallest absolute Gasteiger partial charge is 0.325 e. The van der Waals surface area contributed by atoms with Gasteiger partial charge in [0, 0.05) is 12.0 Å². The highest BCUT2D eigenvalue weighted by atomic mass is 16.5. The quantitative estimate of drug-likeness (QED) is 0.728. The van der Waals surface area contributed by atoms with Crippen molar-refractivity contribution in [3.8, 4) is 0 Å². The van der Waals surface area contributed by atoms with E-state index in [-0.39, 0.29) is 30.4 Å². The van der Waals surface area contributed by atoms with Crippen LogP contribution in [0.25, 0.3) is 0 Å². The standard InChI is InChI=1S/C16H29NO3/c1-4-20-15(18)12-17(13(2)3)16(19)14-10-8-6-5-7-9-11-14/h13-14H,4-12H2,1-3H3. The Balaban J connectivity index is 2.63. The van der Waals surface area contributed by atoms with E-state index in [1.54, 1.807) is 11.8 Å². The van der Waals surface area contributed by atoms with Crippen LogP contribution in [0, 0.1) is 5.92 Å². The maximum absolute atomic E-state index is 12.7. The lowest BCUT2D eigenvalue weighted by atomic mass is 9.90. The summed E-state index contributed by atoms with van der Waals surface area (Å²) in [5.74, 6) is -0.0810. The van der Waals surface area contributed by atoms with Crippen molar-refractivity contribution >= 4 is 11.9 Å². The molecule has 0 aliphatic heterocycles. The minimum absolute atomic E-state index is 0.0392. The molecule has 1 amide bonds. The van der Waals surface area contributed by atoms with Crippen LogP contribution in [0.1, 0.15) is 65.7 Å². The maximum atomic E-state index is 12.7. The van der Waals surface area contributed by atoms with Gasteiger partial charge in [0.05, 0.1) is 6.61 Å². The molecule has 0 atom stereocenters. The Labute approximate surface area is 122 Å². The van der Waals surface area contributed by atoms with Gasteiger partial charge in [-0.25, -0.2) is 0 Å². The summed E-state index contributed by atoms with van der Waals surface area (Å²) in [6.45, 7) is 6.15. The summed E-state index contributed by atoms with van der Waals surface area (Å²) < 4.78 is 4.97. The van der Waals surface area contributed by atoms with E-state index in [0.29, 0.717) is 6.61 Å². The Morgan fingerprint density at radius 2 is 1.65 bits per heavy atom. The molecule has 0 N–H and O–H groups in total. The number of hydrogen-bond acceptors (Lipinski definition) is 3. The molecule has 1 saturated carbocycles. The van der Waals surface area contributed by atoms with Crippen LogP contribution in [0.2, 0.25) is 0 Å². The molecule has 1 rings (SSSR count). The van der Waals surface area contributed by atoms with Crippen molar-refractivity contribution < 1.29 is 14.3 Å². The molecule has 116 valence electrons. The second-order valence-electron chi connectivity index (χ2n) is 5.91. The van der Waals surface area contributed by atoms with Crippen molar-refractivity contribution in [3.63, 3.8) is 0 Å². The SMILES string of the molecule is CCOC(=O)CN(C(=O)C1CCCCCCC1)C(C)C. The molecule has 0 heterocycles. The van der Waals surface area contributed by atoms with E-state index in [9.17, 15) is 9.59 Å². The van der Waals surface area contributed by atoms with E-state index in [0.717, 1.165) is 25.7 Å². The summed E-state index contributed by atoms with van der Waals surface area (Å²) in [7, 11) is 0. The van der Waals surface area contributed by atoms with Gasteiger partial charge in [-0.2, -0.15) is 0 Å². The largest absolute Gasteiger partial charge is 0.465 e. The third kappa shape index (κ3) is 5.51. The molecule has 0 spiro atoms. The minimum Gasteiger partial charge on any atom is -0.465 e. The van der Waals surface area contributed by atoms with Crippen molar-refractivity contribution in [2.75, 3.05) is 13.2 Å². The van der Waals surface area contributed by atoms with Gasteiger partial charge in [0.25, 0.3) is 0 Å². The summed E-state index contributed by atoms with van der Waals surface area (Å²) in [5.41, 5.74) is 0. The molecule has 0 aromatic rings. The molecule has 4 nitrogen and oxygen atoms in total. The number of hydrogen-bond donors (Lipinski definition) is 0. The number of esters is 1. The Hall–Kier alpha value is -1.06. The molecule has 1 aliphatic rings. The topological polar surface area (TPSA) is 46.6 Å². The van der Waals surface area contributed by atoms with Crippen LogP contribution in [0.4, 0.5) is 0 Å². The first-order valence-corrected chi connectivity index (χ1v) is 8.02. The Bertz CT molecular complexity index is 307. The summed E-state index contributed by atoms with van der Waals surface area (Å²) in [6, 6.07) is 0.0392. The van der Waals surface area contributed by atoms with Crippen LogP contribution < -0.4 is 0 Å². The molecule has 0 aromatic heterocycles. The average Bonchev–Trinajstić information content (AvgIpc) is 2.35. The van der Waals surface area contributed by atoms with E-state index < -0.39 is 0 Å². The van der Waals surface area contributed by atoms with Crippen LogP contribution >= 0.6 is 0 Å². The zero-order valence-electron chi connectivity index (χ0n) is 13.2. The lowest BCUT2D eigenvalue weighted by molar-refractivity contribution is -0.151. The molecule has 0 aromatic carbocycles. The van der Waals surface area contributed by atoms with Gasteiger partial charge in [0.2, 0.25) is 5.91 Å². The van der Waals surface area contributed by atoms with Gasteiger partial charge in [0.15, 0.2) is 0 Å². The van der Waals surface area contributed by atoms with Gasteiger partial charge in [-0.1, -0.05) is 32.1 Å². The van der Waals surface area contributed by atoms with Crippen molar-refractivity contribution in [2.45, 2.75) is 71.8 Å². The number of rotatable bonds is 5. The third-order valence-electron chi connectivity index (χ3n) is 3.97. The molecule has 0 bridgehead atoms. The van der Waals surface area contributed by atoms with Crippen LogP contribution in [0.5, 0.6) is 0 Å². The molecule has 4 heteroatoms. The molecule has 0 unspecified atom stereocenters. The van der Waals surface area contributed by atoms with Crippen molar-refractivity contribution in [1.29, 1.82) is 0 Å². The number of ether oxygens (including phenoxy) is 1. The van der Waals surface area contributed by atoms with Crippen LogP contribution in [0.3, 0.4) is 0 Å². The molecule has 0 radical (unpaired) electrons.